The zero-order valence-corrected chi connectivity index (χ0v) is 19.4. The van der Waals surface area contributed by atoms with Crippen LogP contribution in [0, 0.1) is 11.6 Å². The highest BCUT2D eigenvalue weighted by Crippen LogP contribution is 2.46. The number of aliphatic hydroxyl groups excluding tert-OH is 1. The van der Waals surface area contributed by atoms with E-state index in [0.717, 1.165) is 29.5 Å². The number of nitrogen functional groups attached to an aromatic ring is 2. The van der Waals surface area contributed by atoms with Gasteiger partial charge < -0.3 is 25.9 Å². The highest BCUT2D eigenvalue weighted by atomic mass is 32.1. The van der Waals surface area contributed by atoms with Crippen molar-refractivity contribution in [2.45, 2.75) is 37.9 Å². The third kappa shape index (κ3) is 4.64. The number of carbonyl (C=O) groups is 1. The molecule has 0 bridgehead atoms. The molecule has 3 aromatic rings. The summed E-state index contributed by atoms with van der Waals surface area (Å²) in [5.41, 5.74) is 8.50. The molecule has 9 nitrogen and oxygen atoms in total. The first-order valence-electron chi connectivity index (χ1n) is 11.2. The number of nitrogens with one attached hydrogen (secondary N) is 1. The number of hydrogen-bond acceptors (Lipinski definition) is 9. The fourth-order valence-electron chi connectivity index (χ4n) is 4.06. The molecular formula is C23H24F2N6O3S. The number of likely N-dealkylation sites (tertiary alicyclic amines) is 1. The third-order valence-corrected chi connectivity index (χ3v) is 7.13. The number of ether oxygens (including phenoxy) is 1. The first-order chi connectivity index (χ1) is 16.9. The zero-order chi connectivity index (χ0) is 24.7. The number of amides is 1. The van der Waals surface area contributed by atoms with Gasteiger partial charge in [0, 0.05) is 24.6 Å². The van der Waals surface area contributed by atoms with Crippen LogP contribution in [0.25, 0.3) is 21.8 Å². The molecule has 1 unspecified atom stereocenters. The molecule has 5 rings (SSSR count). The van der Waals surface area contributed by atoms with Crippen molar-refractivity contribution in [2.75, 3.05) is 24.2 Å². The predicted octanol–water partition coefficient (Wildman–Crippen LogP) is 3.60. The molecule has 12 heteroatoms. The number of halogens is 2. The van der Waals surface area contributed by atoms with Crippen molar-refractivity contribution in [1.29, 1.82) is 0 Å². The largest absolute Gasteiger partial charge is 0.442 e. The van der Waals surface area contributed by atoms with Gasteiger partial charge in [-0.15, -0.1) is 11.3 Å². The highest BCUT2D eigenvalue weighted by Gasteiger charge is 2.31. The number of nitrogens with two attached hydrogens (primary N) is 2. The number of hydrogen-bond donors (Lipinski definition) is 4. The van der Waals surface area contributed by atoms with E-state index in [4.69, 9.17) is 21.3 Å². The fourth-order valence-corrected chi connectivity index (χ4v) is 5.09. The van der Waals surface area contributed by atoms with E-state index in [1.54, 1.807) is 18.2 Å². The Morgan fingerprint density at radius 3 is 2.71 bits per heavy atom. The second kappa shape index (κ2) is 9.36. The molecule has 1 aliphatic carbocycles. The number of nitrogens with zero attached hydrogens (tertiary/aromatic N) is 3. The zero-order valence-electron chi connectivity index (χ0n) is 18.6. The van der Waals surface area contributed by atoms with Gasteiger partial charge >= 0.3 is 6.09 Å². The Labute approximate surface area is 203 Å². The van der Waals surface area contributed by atoms with E-state index >= 15 is 0 Å². The second-order valence-electron chi connectivity index (χ2n) is 8.60. The number of aliphatic hydroxyl groups is 1. The van der Waals surface area contributed by atoms with E-state index in [1.807, 2.05) is 0 Å². The van der Waals surface area contributed by atoms with Crippen LogP contribution >= 0.6 is 11.3 Å². The van der Waals surface area contributed by atoms with Crippen molar-refractivity contribution >= 4 is 28.8 Å². The van der Waals surface area contributed by atoms with Crippen LogP contribution in [0.15, 0.2) is 24.3 Å². The van der Waals surface area contributed by atoms with E-state index in [2.05, 4.69) is 10.4 Å². The molecule has 0 radical (unpaired) electrons. The highest BCUT2D eigenvalue weighted by molar-refractivity contribution is 7.15. The average Bonchev–Trinajstić information content (AvgIpc) is 3.46. The van der Waals surface area contributed by atoms with Crippen LogP contribution in [0.2, 0.25) is 0 Å². The Hall–Kier alpha value is -3.35. The topological polar surface area (TPSA) is 140 Å². The Balaban J connectivity index is 1.43. The summed E-state index contributed by atoms with van der Waals surface area (Å²) in [6.07, 6.45) is 1.50. The molecule has 2 aromatic heterocycles. The number of thiazole rings is 1. The van der Waals surface area contributed by atoms with Crippen molar-refractivity contribution in [3.8, 4) is 21.8 Å². The van der Waals surface area contributed by atoms with E-state index < -0.39 is 29.5 Å². The van der Waals surface area contributed by atoms with Crippen molar-refractivity contribution in [3.63, 3.8) is 0 Å². The first kappa shape index (κ1) is 23.4. The van der Waals surface area contributed by atoms with Gasteiger partial charge in [-0.2, -0.15) is 0 Å². The summed E-state index contributed by atoms with van der Waals surface area (Å²) >= 11 is 1.35. The van der Waals surface area contributed by atoms with Crippen LogP contribution in [0.4, 0.5) is 25.0 Å². The summed E-state index contributed by atoms with van der Waals surface area (Å²) in [5.74, 6) is 4.00. The number of rotatable bonds is 6. The van der Waals surface area contributed by atoms with Crippen LogP contribution < -0.4 is 17.0 Å². The summed E-state index contributed by atoms with van der Waals surface area (Å²) in [7, 11) is 0. The number of anilines is 2. The minimum Gasteiger partial charge on any atom is -0.442 e. The second-order valence-corrected chi connectivity index (χ2v) is 9.68. The Kier molecular flexibility index (Phi) is 6.26. The molecule has 2 fully saturated rings. The molecular weight excluding hydrogens is 478 g/mol. The smallest absolute Gasteiger partial charge is 0.410 e. The molecule has 35 heavy (non-hydrogen) atoms. The van der Waals surface area contributed by atoms with E-state index in [-0.39, 0.29) is 36.0 Å². The van der Waals surface area contributed by atoms with Crippen molar-refractivity contribution in [2.24, 2.45) is 5.84 Å². The van der Waals surface area contributed by atoms with Gasteiger partial charge in [0.15, 0.2) is 5.82 Å². The Bertz CT molecular complexity index is 1280. The number of aromatic nitrogens is 2. The lowest BCUT2D eigenvalue weighted by Gasteiger charge is -2.14. The number of hydrazine groups is 1. The molecule has 3 heterocycles. The van der Waals surface area contributed by atoms with Gasteiger partial charge in [-0.05, 0) is 37.5 Å². The van der Waals surface area contributed by atoms with Gasteiger partial charge in [0.25, 0.3) is 0 Å². The van der Waals surface area contributed by atoms with Crippen molar-refractivity contribution in [3.05, 3.63) is 46.6 Å². The molecule has 1 aromatic carbocycles. The van der Waals surface area contributed by atoms with Crippen LogP contribution in [-0.2, 0) is 11.3 Å². The lowest BCUT2D eigenvalue weighted by atomic mass is 10.1. The molecule has 1 aliphatic heterocycles. The summed E-state index contributed by atoms with van der Waals surface area (Å²) in [6, 6.07) is 6.04. The third-order valence-electron chi connectivity index (χ3n) is 6.06. The maximum absolute atomic E-state index is 15.0. The molecule has 1 atom stereocenters. The standard InChI is InChI=1S/C23H24F2N6O3S/c24-14-8-13(18(25)21(30-27)19(14)26)15-2-1-3-16(28-15)22-20(11-4-5-11)29-17(35-22)10-34-23(33)31-7-6-12(32)9-31/h1-3,8,11-12,30,32H,4-7,9-10,26-27H2. The maximum atomic E-state index is 15.0. The van der Waals surface area contributed by atoms with E-state index in [0.29, 0.717) is 23.7 Å². The lowest BCUT2D eigenvalue weighted by Crippen LogP contribution is -2.30. The van der Waals surface area contributed by atoms with E-state index in [9.17, 15) is 18.7 Å². The predicted molar refractivity (Wildman–Crippen MR) is 127 cm³/mol. The summed E-state index contributed by atoms with van der Waals surface area (Å²) in [4.78, 5) is 23.8. The van der Waals surface area contributed by atoms with Gasteiger partial charge in [0.1, 0.15) is 23.1 Å². The average molecular weight is 503 g/mol. The normalized spacial score (nSPS) is 17.6. The lowest BCUT2D eigenvalue weighted by molar-refractivity contribution is 0.0970. The minimum absolute atomic E-state index is 0.00115. The van der Waals surface area contributed by atoms with E-state index in [1.165, 1.54) is 16.2 Å². The van der Waals surface area contributed by atoms with Crippen LogP contribution in [-0.4, -0.2) is 45.3 Å². The number of benzene rings is 1. The van der Waals surface area contributed by atoms with Gasteiger partial charge in [0.2, 0.25) is 0 Å². The first-order valence-corrected chi connectivity index (χ1v) is 12.0. The maximum Gasteiger partial charge on any atom is 0.410 e. The summed E-state index contributed by atoms with van der Waals surface area (Å²) < 4.78 is 34.7. The van der Waals surface area contributed by atoms with Gasteiger partial charge in [0.05, 0.1) is 33.8 Å². The van der Waals surface area contributed by atoms with Crippen molar-refractivity contribution < 1.29 is 23.4 Å². The molecule has 184 valence electrons. The quantitative estimate of drug-likeness (QED) is 0.228. The molecule has 1 saturated heterocycles. The Morgan fingerprint density at radius 1 is 1.26 bits per heavy atom. The number of carbonyl (C=O) groups excluding carboxylic acids is 1. The fraction of sp³-hybridized carbons (Fsp3) is 0.348. The minimum atomic E-state index is -0.812. The summed E-state index contributed by atoms with van der Waals surface area (Å²) in [6.45, 7) is 0.714. The molecule has 1 amide bonds. The van der Waals surface area contributed by atoms with Crippen LogP contribution in [0.1, 0.15) is 35.9 Å². The Morgan fingerprint density at radius 2 is 2.03 bits per heavy atom. The van der Waals surface area contributed by atoms with Gasteiger partial charge in [-0.3, -0.25) is 5.84 Å². The van der Waals surface area contributed by atoms with Crippen LogP contribution in [0.5, 0.6) is 0 Å². The molecule has 0 spiro atoms. The number of β-amino-alcohol motifs (C(OH)–C–C–N with tert-alkyl or cyclic N) is 1. The SMILES string of the molecule is NNc1c(N)c(F)cc(-c2cccc(-c3sc(COC(=O)N4CCC(O)C4)nc3C3CC3)n2)c1F. The van der Waals surface area contributed by atoms with Gasteiger partial charge in [-0.1, -0.05) is 6.07 Å². The summed E-state index contributed by atoms with van der Waals surface area (Å²) in [5, 5.41) is 10.2. The molecule has 6 N–H and O–H groups in total. The molecule has 2 aliphatic rings. The monoisotopic (exact) mass is 502 g/mol. The molecule has 1 saturated carbocycles. The number of pyridine rings is 1. The van der Waals surface area contributed by atoms with Crippen molar-refractivity contribution in [1.82, 2.24) is 14.9 Å². The van der Waals surface area contributed by atoms with Crippen LogP contribution in [0.3, 0.4) is 0 Å². The van der Waals surface area contributed by atoms with Gasteiger partial charge in [-0.25, -0.2) is 23.5 Å².